The summed E-state index contributed by atoms with van der Waals surface area (Å²) in [5, 5.41) is 4.58. The predicted molar refractivity (Wildman–Crippen MR) is 120 cm³/mol. The number of halogens is 1. The highest BCUT2D eigenvalue weighted by molar-refractivity contribution is 14.1. The Balaban J connectivity index is 1.76. The van der Waals surface area contributed by atoms with Crippen LogP contribution in [0, 0.1) is 3.57 Å². The van der Waals surface area contributed by atoms with Gasteiger partial charge in [-0.25, -0.2) is 0 Å². The van der Waals surface area contributed by atoms with Gasteiger partial charge in [-0.15, -0.1) is 0 Å². The van der Waals surface area contributed by atoms with E-state index in [4.69, 9.17) is 9.47 Å². The predicted octanol–water partition coefficient (Wildman–Crippen LogP) is 4.03. The molecule has 29 heavy (non-hydrogen) atoms. The zero-order valence-electron chi connectivity index (χ0n) is 15.4. The number of nitrogens with one attached hydrogen (secondary N) is 2. The molecule has 0 atom stereocenters. The van der Waals surface area contributed by atoms with E-state index in [1.54, 1.807) is 30.3 Å². The zero-order valence-corrected chi connectivity index (χ0v) is 18.3. The highest BCUT2D eigenvalue weighted by Crippen LogP contribution is 2.36. The van der Waals surface area contributed by atoms with E-state index < -0.39 is 11.1 Å². The number of amides is 3. The van der Waals surface area contributed by atoms with Crippen molar-refractivity contribution in [3.63, 3.8) is 0 Å². The summed E-state index contributed by atoms with van der Waals surface area (Å²) in [6.07, 6.45) is 1.61. The van der Waals surface area contributed by atoms with Gasteiger partial charge in [0.05, 0.1) is 15.1 Å². The summed E-state index contributed by atoms with van der Waals surface area (Å²) in [4.78, 5) is 35.6. The van der Waals surface area contributed by atoms with Crippen molar-refractivity contribution < 1.29 is 23.9 Å². The molecule has 3 rings (SSSR count). The Kier molecular flexibility index (Phi) is 7.15. The van der Waals surface area contributed by atoms with Gasteiger partial charge in [-0.1, -0.05) is 18.2 Å². The fraction of sp³-hybridized carbons (Fsp3) is 0.150. The van der Waals surface area contributed by atoms with E-state index in [2.05, 4.69) is 33.2 Å². The first kappa shape index (κ1) is 21.2. The van der Waals surface area contributed by atoms with Crippen molar-refractivity contribution in [3.8, 4) is 11.5 Å². The Morgan fingerprint density at radius 2 is 1.97 bits per heavy atom. The van der Waals surface area contributed by atoms with Crippen LogP contribution in [0.4, 0.5) is 10.5 Å². The molecule has 3 amide bonds. The normalized spacial score (nSPS) is 14.6. The third-order valence-corrected chi connectivity index (χ3v) is 5.29. The van der Waals surface area contributed by atoms with Crippen LogP contribution in [0.25, 0.3) is 6.08 Å². The summed E-state index contributed by atoms with van der Waals surface area (Å²) in [6.45, 7) is 2.05. The average Bonchev–Trinajstić information content (AvgIpc) is 2.99. The number of hydrogen-bond donors (Lipinski definition) is 2. The van der Waals surface area contributed by atoms with Crippen LogP contribution in [0.15, 0.2) is 47.4 Å². The number of carbonyl (C=O) groups excluding carboxylic acids is 3. The van der Waals surface area contributed by atoms with Gasteiger partial charge < -0.3 is 14.8 Å². The van der Waals surface area contributed by atoms with Crippen LogP contribution in [-0.2, 0) is 9.59 Å². The number of benzene rings is 2. The quantitative estimate of drug-likeness (QED) is 0.420. The number of para-hydroxylation sites is 1. The lowest BCUT2D eigenvalue weighted by Gasteiger charge is -2.15. The molecule has 2 aromatic rings. The monoisotopic (exact) mass is 524 g/mol. The topological polar surface area (TPSA) is 93.7 Å². The summed E-state index contributed by atoms with van der Waals surface area (Å²) in [5.41, 5.74) is 1.37. The number of ether oxygens (including phenoxy) is 2. The SMILES string of the molecule is CCOc1cc(/C=C2\SC(=O)NC2=O)cc(I)c1OCC(=O)Nc1ccccc1. The van der Waals surface area contributed by atoms with E-state index in [0.29, 0.717) is 37.8 Å². The van der Waals surface area contributed by atoms with E-state index in [9.17, 15) is 14.4 Å². The van der Waals surface area contributed by atoms with Gasteiger partial charge in [-0.05, 0) is 77.2 Å². The van der Waals surface area contributed by atoms with Gasteiger partial charge in [-0.2, -0.15) is 0 Å². The van der Waals surface area contributed by atoms with E-state index in [1.165, 1.54) is 0 Å². The molecule has 2 aromatic carbocycles. The fourth-order valence-corrected chi connectivity index (χ4v) is 3.97. The minimum Gasteiger partial charge on any atom is -0.490 e. The Morgan fingerprint density at radius 3 is 2.62 bits per heavy atom. The number of anilines is 1. The first-order chi connectivity index (χ1) is 14.0. The number of rotatable bonds is 7. The standard InChI is InChI=1S/C20H17IN2O5S/c1-2-27-15-9-12(10-16-19(25)23-20(26)29-16)8-14(21)18(15)28-11-17(24)22-13-6-4-3-5-7-13/h3-10H,2,11H2,1H3,(H,22,24)(H,23,25,26)/b16-10-. The molecule has 1 fully saturated rings. The van der Waals surface area contributed by atoms with Crippen LogP contribution in [0.1, 0.15) is 12.5 Å². The molecule has 2 N–H and O–H groups in total. The number of thioether (sulfide) groups is 1. The largest absolute Gasteiger partial charge is 0.490 e. The summed E-state index contributed by atoms with van der Waals surface area (Å²) >= 11 is 2.92. The summed E-state index contributed by atoms with van der Waals surface area (Å²) in [5.74, 6) is 0.176. The summed E-state index contributed by atoms with van der Waals surface area (Å²) in [7, 11) is 0. The molecule has 0 saturated carbocycles. The molecule has 0 aliphatic carbocycles. The smallest absolute Gasteiger partial charge is 0.290 e. The third-order valence-electron chi connectivity index (χ3n) is 3.68. The van der Waals surface area contributed by atoms with Crippen LogP contribution in [0.5, 0.6) is 11.5 Å². The molecule has 150 valence electrons. The van der Waals surface area contributed by atoms with Gasteiger partial charge in [0.15, 0.2) is 18.1 Å². The molecule has 0 spiro atoms. The van der Waals surface area contributed by atoms with E-state index in [1.807, 2.05) is 25.1 Å². The van der Waals surface area contributed by atoms with Gasteiger partial charge >= 0.3 is 0 Å². The lowest BCUT2D eigenvalue weighted by molar-refractivity contribution is -0.118. The second-order valence-corrected chi connectivity index (χ2v) is 8.00. The molecular weight excluding hydrogens is 507 g/mol. The van der Waals surface area contributed by atoms with Crippen molar-refractivity contribution in [2.45, 2.75) is 6.92 Å². The maximum atomic E-state index is 12.2. The fourth-order valence-electron chi connectivity index (χ4n) is 2.50. The molecule has 1 aliphatic heterocycles. The van der Waals surface area contributed by atoms with Crippen molar-refractivity contribution in [2.24, 2.45) is 0 Å². The molecule has 9 heteroatoms. The second-order valence-electron chi connectivity index (χ2n) is 5.82. The van der Waals surface area contributed by atoms with Crippen molar-refractivity contribution in [1.82, 2.24) is 5.32 Å². The van der Waals surface area contributed by atoms with Crippen LogP contribution >= 0.6 is 34.4 Å². The van der Waals surface area contributed by atoms with Crippen molar-refractivity contribution in [1.29, 1.82) is 0 Å². The molecule has 7 nitrogen and oxygen atoms in total. The molecule has 0 radical (unpaired) electrons. The Hall–Kier alpha value is -2.53. The molecular formula is C20H17IN2O5S. The molecule has 1 aliphatic rings. The maximum absolute atomic E-state index is 12.2. The maximum Gasteiger partial charge on any atom is 0.290 e. The minimum atomic E-state index is -0.425. The molecule has 0 unspecified atom stereocenters. The highest BCUT2D eigenvalue weighted by atomic mass is 127. The Morgan fingerprint density at radius 1 is 1.21 bits per heavy atom. The Labute approximate surface area is 185 Å². The minimum absolute atomic E-state index is 0.182. The van der Waals surface area contributed by atoms with Gasteiger partial charge in [0, 0.05) is 5.69 Å². The molecule has 0 aromatic heterocycles. The van der Waals surface area contributed by atoms with Gasteiger partial charge in [0.1, 0.15) is 0 Å². The van der Waals surface area contributed by atoms with Gasteiger partial charge in [-0.3, -0.25) is 19.7 Å². The number of imide groups is 1. The summed E-state index contributed by atoms with van der Waals surface area (Å²) < 4.78 is 12.1. The zero-order chi connectivity index (χ0) is 20.8. The number of carbonyl (C=O) groups is 3. The third kappa shape index (κ3) is 5.73. The van der Waals surface area contributed by atoms with Gasteiger partial charge in [0.2, 0.25) is 0 Å². The molecule has 1 heterocycles. The lowest BCUT2D eigenvalue weighted by Crippen LogP contribution is -2.20. The van der Waals surface area contributed by atoms with Crippen LogP contribution < -0.4 is 20.1 Å². The summed E-state index contributed by atoms with van der Waals surface area (Å²) in [6, 6.07) is 12.6. The van der Waals surface area contributed by atoms with Crippen molar-refractivity contribution in [3.05, 3.63) is 56.5 Å². The second kappa shape index (κ2) is 9.79. The van der Waals surface area contributed by atoms with Gasteiger partial charge in [0.25, 0.3) is 17.1 Å². The van der Waals surface area contributed by atoms with Crippen LogP contribution in [-0.4, -0.2) is 30.3 Å². The lowest BCUT2D eigenvalue weighted by atomic mass is 10.2. The van der Waals surface area contributed by atoms with Crippen molar-refractivity contribution in [2.75, 3.05) is 18.5 Å². The van der Waals surface area contributed by atoms with E-state index in [0.717, 1.165) is 11.8 Å². The average molecular weight is 524 g/mol. The molecule has 0 bridgehead atoms. The molecule has 1 saturated heterocycles. The van der Waals surface area contributed by atoms with Crippen LogP contribution in [0.3, 0.4) is 0 Å². The van der Waals surface area contributed by atoms with Crippen LogP contribution in [0.2, 0.25) is 0 Å². The first-order valence-corrected chi connectivity index (χ1v) is 10.5. The van der Waals surface area contributed by atoms with E-state index in [-0.39, 0.29) is 12.5 Å². The Bertz CT molecular complexity index is 978. The first-order valence-electron chi connectivity index (χ1n) is 8.65. The highest BCUT2D eigenvalue weighted by Gasteiger charge is 2.25. The van der Waals surface area contributed by atoms with Crippen molar-refractivity contribution >= 4 is 63.2 Å². The number of hydrogen-bond acceptors (Lipinski definition) is 6. The van der Waals surface area contributed by atoms with E-state index >= 15 is 0 Å².